The lowest BCUT2D eigenvalue weighted by Gasteiger charge is -2.06. The van der Waals surface area contributed by atoms with Crippen LogP contribution in [0.5, 0.6) is 0 Å². The molecule has 0 saturated carbocycles. The van der Waals surface area contributed by atoms with Crippen LogP contribution in [0.15, 0.2) is 30.3 Å². The van der Waals surface area contributed by atoms with E-state index in [1.807, 2.05) is 6.92 Å². The summed E-state index contributed by atoms with van der Waals surface area (Å²) in [6, 6.07) is 6.80. The number of carboxylic acids is 1. The number of hydrogen-bond acceptors (Lipinski definition) is 3. The van der Waals surface area contributed by atoms with E-state index in [0.29, 0.717) is 30.9 Å². The van der Waals surface area contributed by atoms with E-state index in [9.17, 15) is 9.59 Å². The van der Waals surface area contributed by atoms with Crippen LogP contribution < -0.4 is 5.32 Å². The molecule has 0 radical (unpaired) electrons. The minimum Gasteiger partial charge on any atom is -0.478 e. The lowest BCUT2D eigenvalue weighted by molar-refractivity contribution is -0.131. The Balaban J connectivity index is 2.51. The normalized spacial score (nSPS) is 10.7. The third-order valence-electron chi connectivity index (χ3n) is 2.52. The molecule has 1 aromatic carbocycles. The number of hydrogen-bond donors (Lipinski definition) is 2. The Morgan fingerprint density at radius 3 is 2.90 bits per heavy atom. The molecule has 0 aromatic heterocycles. The Kier molecular flexibility index (Phi) is 7.06. The molecule has 1 rings (SSSR count). The number of carbonyl (C=O) groups excluding carboxylic acids is 1. The van der Waals surface area contributed by atoms with Crippen molar-refractivity contribution in [1.29, 1.82) is 0 Å². The third kappa shape index (κ3) is 6.15. The molecule has 0 unspecified atom stereocenters. The molecule has 20 heavy (non-hydrogen) atoms. The van der Waals surface area contributed by atoms with Crippen molar-refractivity contribution in [2.75, 3.05) is 19.8 Å². The molecular formula is C15H19NO4. The summed E-state index contributed by atoms with van der Waals surface area (Å²) in [5, 5.41) is 11.4. The molecule has 2 N–H and O–H groups in total. The van der Waals surface area contributed by atoms with Crippen LogP contribution in [-0.2, 0) is 9.53 Å². The third-order valence-corrected chi connectivity index (χ3v) is 2.52. The van der Waals surface area contributed by atoms with Crippen LogP contribution >= 0.6 is 0 Å². The highest BCUT2D eigenvalue weighted by molar-refractivity contribution is 5.95. The van der Waals surface area contributed by atoms with Gasteiger partial charge in [-0.2, -0.15) is 0 Å². The average Bonchev–Trinajstić information content (AvgIpc) is 2.45. The van der Waals surface area contributed by atoms with E-state index in [2.05, 4.69) is 5.32 Å². The topological polar surface area (TPSA) is 75.6 Å². The fraction of sp³-hybridized carbons (Fsp3) is 0.333. The summed E-state index contributed by atoms with van der Waals surface area (Å²) in [4.78, 5) is 22.3. The molecule has 0 fully saturated rings. The van der Waals surface area contributed by atoms with Gasteiger partial charge >= 0.3 is 5.97 Å². The van der Waals surface area contributed by atoms with Gasteiger partial charge in [-0.25, -0.2) is 4.79 Å². The van der Waals surface area contributed by atoms with Gasteiger partial charge in [-0.15, -0.1) is 0 Å². The minimum absolute atomic E-state index is 0.174. The van der Waals surface area contributed by atoms with Crippen LogP contribution in [-0.4, -0.2) is 36.7 Å². The fourth-order valence-corrected chi connectivity index (χ4v) is 1.57. The second-order valence-electron chi connectivity index (χ2n) is 4.10. The molecular weight excluding hydrogens is 258 g/mol. The summed E-state index contributed by atoms with van der Waals surface area (Å²) in [5.74, 6) is -1.19. The number of ether oxygens (including phenoxy) is 1. The summed E-state index contributed by atoms with van der Waals surface area (Å²) in [5.41, 5.74) is 1.18. The van der Waals surface area contributed by atoms with E-state index < -0.39 is 5.97 Å². The van der Waals surface area contributed by atoms with Gasteiger partial charge in [0.25, 0.3) is 5.91 Å². The van der Waals surface area contributed by atoms with Gasteiger partial charge in [0.2, 0.25) is 0 Å². The monoisotopic (exact) mass is 277 g/mol. The van der Waals surface area contributed by atoms with Crippen LogP contribution in [0, 0.1) is 0 Å². The van der Waals surface area contributed by atoms with E-state index in [-0.39, 0.29) is 5.91 Å². The van der Waals surface area contributed by atoms with E-state index >= 15 is 0 Å². The molecule has 0 saturated heterocycles. The lowest BCUT2D eigenvalue weighted by atomic mass is 10.1. The Hall–Kier alpha value is -2.14. The van der Waals surface area contributed by atoms with E-state index in [4.69, 9.17) is 9.84 Å². The Morgan fingerprint density at radius 1 is 1.40 bits per heavy atom. The smallest absolute Gasteiger partial charge is 0.328 e. The molecule has 0 aliphatic carbocycles. The first-order valence-corrected chi connectivity index (χ1v) is 6.50. The number of benzene rings is 1. The Morgan fingerprint density at radius 2 is 2.20 bits per heavy atom. The highest BCUT2D eigenvalue weighted by atomic mass is 16.5. The van der Waals surface area contributed by atoms with Gasteiger partial charge in [-0.1, -0.05) is 12.1 Å². The van der Waals surface area contributed by atoms with Crippen LogP contribution in [0.25, 0.3) is 6.08 Å². The predicted octanol–water partition coefficient (Wildman–Crippen LogP) is 1.94. The van der Waals surface area contributed by atoms with Crippen molar-refractivity contribution in [1.82, 2.24) is 5.32 Å². The minimum atomic E-state index is -1.02. The summed E-state index contributed by atoms with van der Waals surface area (Å²) < 4.78 is 5.18. The first-order chi connectivity index (χ1) is 9.63. The van der Waals surface area contributed by atoms with Crippen molar-refractivity contribution in [3.05, 3.63) is 41.5 Å². The standard InChI is InChI=1S/C15H19NO4/c1-2-20-10-4-9-16-15(19)13-6-3-5-12(11-13)7-8-14(17)18/h3,5-8,11H,2,4,9-10H2,1H3,(H,16,19)(H,17,18). The zero-order valence-electron chi connectivity index (χ0n) is 11.5. The molecule has 1 amide bonds. The number of aliphatic carboxylic acids is 1. The summed E-state index contributed by atoms with van der Waals surface area (Å²) in [6.07, 6.45) is 3.26. The van der Waals surface area contributed by atoms with E-state index in [0.717, 1.165) is 12.5 Å². The molecule has 5 heteroatoms. The first-order valence-electron chi connectivity index (χ1n) is 6.50. The molecule has 0 bridgehead atoms. The predicted molar refractivity (Wildman–Crippen MR) is 76.6 cm³/mol. The zero-order chi connectivity index (χ0) is 14.8. The highest BCUT2D eigenvalue weighted by Gasteiger charge is 2.04. The maximum Gasteiger partial charge on any atom is 0.328 e. The van der Waals surface area contributed by atoms with Crippen molar-refractivity contribution >= 4 is 18.0 Å². The molecule has 0 spiro atoms. The summed E-state index contributed by atoms with van der Waals surface area (Å²) >= 11 is 0. The molecule has 0 atom stereocenters. The quantitative estimate of drug-likeness (QED) is 0.562. The van der Waals surface area contributed by atoms with Gasteiger partial charge in [-0.05, 0) is 37.1 Å². The van der Waals surface area contributed by atoms with Gasteiger partial charge < -0.3 is 15.2 Å². The fourth-order valence-electron chi connectivity index (χ4n) is 1.57. The number of amides is 1. The van der Waals surface area contributed by atoms with Gasteiger partial charge in [0.05, 0.1) is 0 Å². The van der Waals surface area contributed by atoms with Gasteiger partial charge in [0, 0.05) is 31.4 Å². The van der Waals surface area contributed by atoms with Gasteiger partial charge in [-0.3, -0.25) is 4.79 Å². The molecule has 1 aromatic rings. The van der Waals surface area contributed by atoms with Crippen molar-refractivity contribution < 1.29 is 19.4 Å². The number of carbonyl (C=O) groups is 2. The van der Waals surface area contributed by atoms with Gasteiger partial charge in [0.1, 0.15) is 0 Å². The molecule has 5 nitrogen and oxygen atoms in total. The number of carboxylic acid groups (broad SMARTS) is 1. The molecule has 108 valence electrons. The van der Waals surface area contributed by atoms with Crippen molar-refractivity contribution in [3.63, 3.8) is 0 Å². The molecule has 0 aliphatic rings. The lowest BCUT2D eigenvalue weighted by Crippen LogP contribution is -2.25. The van der Waals surface area contributed by atoms with E-state index in [1.54, 1.807) is 24.3 Å². The van der Waals surface area contributed by atoms with Crippen molar-refractivity contribution in [3.8, 4) is 0 Å². The Bertz CT molecular complexity index is 483. The van der Waals surface area contributed by atoms with Gasteiger partial charge in [0.15, 0.2) is 0 Å². The molecule has 0 heterocycles. The van der Waals surface area contributed by atoms with Crippen molar-refractivity contribution in [2.24, 2.45) is 0 Å². The maximum atomic E-state index is 11.9. The Labute approximate surface area is 118 Å². The zero-order valence-corrected chi connectivity index (χ0v) is 11.5. The number of rotatable bonds is 8. The van der Waals surface area contributed by atoms with Crippen LogP contribution in [0.4, 0.5) is 0 Å². The number of nitrogens with one attached hydrogen (secondary N) is 1. The summed E-state index contributed by atoms with van der Waals surface area (Å²) in [6.45, 7) is 3.77. The summed E-state index contributed by atoms with van der Waals surface area (Å²) in [7, 11) is 0. The van der Waals surface area contributed by atoms with Crippen LogP contribution in [0.2, 0.25) is 0 Å². The van der Waals surface area contributed by atoms with E-state index in [1.165, 1.54) is 6.08 Å². The second kappa shape index (κ2) is 8.87. The van der Waals surface area contributed by atoms with Crippen LogP contribution in [0.1, 0.15) is 29.3 Å². The SMILES string of the molecule is CCOCCCNC(=O)c1cccc(C=CC(=O)O)c1. The average molecular weight is 277 g/mol. The molecule has 0 aliphatic heterocycles. The van der Waals surface area contributed by atoms with Crippen LogP contribution in [0.3, 0.4) is 0 Å². The first kappa shape index (κ1) is 15.9. The maximum absolute atomic E-state index is 11.9. The highest BCUT2D eigenvalue weighted by Crippen LogP contribution is 2.07. The largest absolute Gasteiger partial charge is 0.478 e. The van der Waals surface area contributed by atoms with Crippen molar-refractivity contribution in [2.45, 2.75) is 13.3 Å². The second-order valence-corrected chi connectivity index (χ2v) is 4.10.